The quantitative estimate of drug-likeness (QED) is 0.786. The smallest absolute Gasteiger partial charge is 0.0197 e. The number of likely N-dealkylation sites (N-methyl/N-ethyl adjacent to an activating group) is 1. The Morgan fingerprint density at radius 2 is 1.76 bits per heavy atom. The van der Waals surface area contributed by atoms with E-state index in [0.717, 1.165) is 12.0 Å². The number of nitrogens with one attached hydrogen (secondary N) is 1. The molecule has 0 saturated carbocycles. The molecule has 0 aliphatic carbocycles. The zero-order valence-corrected chi connectivity index (χ0v) is 11.9. The van der Waals surface area contributed by atoms with Gasteiger partial charge in [0.15, 0.2) is 0 Å². The van der Waals surface area contributed by atoms with Crippen molar-refractivity contribution in [2.75, 3.05) is 33.2 Å². The van der Waals surface area contributed by atoms with E-state index < -0.39 is 0 Å². The molecule has 0 amide bonds. The molecule has 0 aromatic rings. The van der Waals surface area contributed by atoms with Crippen LogP contribution in [0.1, 0.15) is 33.6 Å². The lowest BCUT2D eigenvalue weighted by Gasteiger charge is -2.44. The van der Waals surface area contributed by atoms with Crippen LogP contribution >= 0.6 is 0 Å². The predicted molar refractivity (Wildman–Crippen MR) is 73.3 cm³/mol. The second-order valence-corrected chi connectivity index (χ2v) is 6.36. The number of hydrogen-bond donors (Lipinski definition) is 1. The van der Waals surface area contributed by atoms with E-state index in [1.54, 1.807) is 0 Å². The molecule has 100 valence electrons. The number of rotatable bonds is 2. The van der Waals surface area contributed by atoms with E-state index >= 15 is 0 Å². The number of piperazine rings is 1. The Labute approximate surface area is 107 Å². The Kier molecular flexibility index (Phi) is 4.45. The van der Waals surface area contributed by atoms with Gasteiger partial charge in [0.2, 0.25) is 0 Å². The zero-order valence-electron chi connectivity index (χ0n) is 11.9. The summed E-state index contributed by atoms with van der Waals surface area (Å²) in [6.07, 6.45) is 2.71. The summed E-state index contributed by atoms with van der Waals surface area (Å²) in [4.78, 5) is 5.17. The molecule has 0 bridgehead atoms. The second kappa shape index (κ2) is 5.68. The molecule has 0 radical (unpaired) electrons. The Hall–Kier alpha value is -0.120. The van der Waals surface area contributed by atoms with E-state index in [0.29, 0.717) is 12.1 Å². The highest BCUT2D eigenvalue weighted by atomic mass is 15.3. The summed E-state index contributed by atoms with van der Waals surface area (Å²) in [6, 6.07) is 2.11. The van der Waals surface area contributed by atoms with Crippen molar-refractivity contribution in [2.45, 2.75) is 51.7 Å². The highest BCUT2D eigenvalue weighted by Gasteiger charge is 2.28. The van der Waals surface area contributed by atoms with Gasteiger partial charge in [0.1, 0.15) is 0 Å². The first kappa shape index (κ1) is 13.3. The van der Waals surface area contributed by atoms with Gasteiger partial charge in [-0.25, -0.2) is 0 Å². The van der Waals surface area contributed by atoms with Gasteiger partial charge in [-0.2, -0.15) is 0 Å². The van der Waals surface area contributed by atoms with E-state index in [1.807, 2.05) is 0 Å². The second-order valence-electron chi connectivity index (χ2n) is 6.36. The SMILES string of the molecule is CC1CCNC(CN2CC(C)N(C)C(C)C2)C1. The summed E-state index contributed by atoms with van der Waals surface area (Å²) in [7, 11) is 2.26. The number of hydrogen-bond acceptors (Lipinski definition) is 3. The average molecular weight is 239 g/mol. The van der Waals surface area contributed by atoms with E-state index in [2.05, 4.69) is 42.9 Å². The summed E-state index contributed by atoms with van der Waals surface area (Å²) in [5, 5.41) is 3.68. The van der Waals surface area contributed by atoms with Crippen molar-refractivity contribution in [3.63, 3.8) is 0 Å². The lowest BCUT2D eigenvalue weighted by molar-refractivity contribution is 0.0506. The molecule has 4 unspecified atom stereocenters. The Morgan fingerprint density at radius 3 is 2.35 bits per heavy atom. The molecule has 3 heteroatoms. The first-order valence-electron chi connectivity index (χ1n) is 7.24. The molecule has 4 atom stereocenters. The van der Waals surface area contributed by atoms with Gasteiger partial charge in [0.05, 0.1) is 0 Å². The van der Waals surface area contributed by atoms with Gasteiger partial charge in [0, 0.05) is 37.8 Å². The molecule has 0 aromatic carbocycles. The standard InChI is InChI=1S/C14H29N3/c1-11-5-6-15-14(7-11)10-17-8-12(2)16(4)13(3)9-17/h11-15H,5-10H2,1-4H3. The minimum Gasteiger partial charge on any atom is -0.313 e. The maximum absolute atomic E-state index is 3.68. The minimum atomic E-state index is 0.694. The van der Waals surface area contributed by atoms with Crippen LogP contribution < -0.4 is 5.32 Å². The van der Waals surface area contributed by atoms with Gasteiger partial charge in [-0.1, -0.05) is 6.92 Å². The van der Waals surface area contributed by atoms with Crippen LogP contribution in [-0.2, 0) is 0 Å². The van der Waals surface area contributed by atoms with Crippen LogP contribution in [0.4, 0.5) is 0 Å². The lowest BCUT2D eigenvalue weighted by atomic mass is 9.93. The molecule has 17 heavy (non-hydrogen) atoms. The minimum absolute atomic E-state index is 0.694. The summed E-state index contributed by atoms with van der Waals surface area (Å²) in [5.41, 5.74) is 0. The third-order valence-electron chi connectivity index (χ3n) is 4.67. The maximum atomic E-state index is 3.68. The van der Waals surface area contributed by atoms with E-state index in [9.17, 15) is 0 Å². The average Bonchev–Trinajstić information content (AvgIpc) is 2.26. The highest BCUT2D eigenvalue weighted by molar-refractivity contribution is 4.86. The van der Waals surface area contributed by atoms with Crippen LogP contribution in [0.25, 0.3) is 0 Å². The molecule has 2 rings (SSSR count). The zero-order chi connectivity index (χ0) is 12.4. The number of nitrogens with zero attached hydrogens (tertiary/aromatic N) is 2. The normalized spacial score (nSPS) is 41.6. The topological polar surface area (TPSA) is 18.5 Å². The third kappa shape index (κ3) is 3.43. The Balaban J connectivity index is 1.82. The van der Waals surface area contributed by atoms with E-state index in [-0.39, 0.29) is 0 Å². The number of piperidine rings is 1. The van der Waals surface area contributed by atoms with Crippen molar-refractivity contribution in [2.24, 2.45) is 5.92 Å². The molecule has 3 nitrogen and oxygen atoms in total. The van der Waals surface area contributed by atoms with Gasteiger partial charge < -0.3 is 5.32 Å². The monoisotopic (exact) mass is 239 g/mol. The molecule has 2 heterocycles. The van der Waals surface area contributed by atoms with Gasteiger partial charge in [-0.05, 0) is 46.2 Å². The van der Waals surface area contributed by atoms with Gasteiger partial charge >= 0.3 is 0 Å². The van der Waals surface area contributed by atoms with Crippen LogP contribution in [0.3, 0.4) is 0 Å². The molecular formula is C14H29N3. The van der Waals surface area contributed by atoms with Crippen molar-refractivity contribution in [1.29, 1.82) is 0 Å². The molecule has 0 spiro atoms. The summed E-state index contributed by atoms with van der Waals surface area (Å²) < 4.78 is 0. The van der Waals surface area contributed by atoms with Crippen molar-refractivity contribution < 1.29 is 0 Å². The Morgan fingerprint density at radius 1 is 1.12 bits per heavy atom. The maximum Gasteiger partial charge on any atom is 0.0197 e. The molecule has 2 aliphatic rings. The molecule has 2 fully saturated rings. The lowest BCUT2D eigenvalue weighted by Crippen LogP contribution is -2.57. The highest BCUT2D eigenvalue weighted by Crippen LogP contribution is 2.18. The van der Waals surface area contributed by atoms with Gasteiger partial charge in [-0.15, -0.1) is 0 Å². The van der Waals surface area contributed by atoms with E-state index in [4.69, 9.17) is 0 Å². The molecule has 0 aromatic heterocycles. The largest absolute Gasteiger partial charge is 0.313 e. The fraction of sp³-hybridized carbons (Fsp3) is 1.00. The van der Waals surface area contributed by atoms with Crippen molar-refractivity contribution in [1.82, 2.24) is 15.1 Å². The summed E-state index contributed by atoms with van der Waals surface area (Å²) >= 11 is 0. The molecule has 2 saturated heterocycles. The molecule has 1 N–H and O–H groups in total. The van der Waals surface area contributed by atoms with Crippen LogP contribution in [0, 0.1) is 5.92 Å². The predicted octanol–water partition coefficient (Wildman–Crippen LogP) is 1.40. The Bertz CT molecular complexity index is 232. The summed E-state index contributed by atoms with van der Waals surface area (Å²) in [5.74, 6) is 0.906. The fourth-order valence-electron chi connectivity index (χ4n) is 3.33. The summed E-state index contributed by atoms with van der Waals surface area (Å²) in [6.45, 7) is 12.0. The van der Waals surface area contributed by atoms with Crippen LogP contribution in [0.5, 0.6) is 0 Å². The first-order valence-corrected chi connectivity index (χ1v) is 7.24. The van der Waals surface area contributed by atoms with Crippen LogP contribution in [0.2, 0.25) is 0 Å². The third-order valence-corrected chi connectivity index (χ3v) is 4.67. The molecule has 2 aliphatic heterocycles. The fourth-order valence-corrected chi connectivity index (χ4v) is 3.33. The van der Waals surface area contributed by atoms with Crippen molar-refractivity contribution in [3.05, 3.63) is 0 Å². The first-order chi connectivity index (χ1) is 8.06. The van der Waals surface area contributed by atoms with Crippen LogP contribution in [-0.4, -0.2) is 61.2 Å². The van der Waals surface area contributed by atoms with Crippen LogP contribution in [0.15, 0.2) is 0 Å². The molecular weight excluding hydrogens is 210 g/mol. The van der Waals surface area contributed by atoms with Crippen molar-refractivity contribution >= 4 is 0 Å². The van der Waals surface area contributed by atoms with Gasteiger partial charge in [0.25, 0.3) is 0 Å². The van der Waals surface area contributed by atoms with Gasteiger partial charge in [-0.3, -0.25) is 9.80 Å². The van der Waals surface area contributed by atoms with E-state index in [1.165, 1.54) is 39.0 Å². The van der Waals surface area contributed by atoms with Crippen molar-refractivity contribution in [3.8, 4) is 0 Å².